The van der Waals surface area contributed by atoms with Crippen molar-refractivity contribution in [1.82, 2.24) is 20.4 Å². The summed E-state index contributed by atoms with van der Waals surface area (Å²) in [5.41, 5.74) is 0.673. The Labute approximate surface area is 156 Å². The van der Waals surface area contributed by atoms with Gasteiger partial charge in [-0.25, -0.2) is 19.4 Å². The average molecular weight is 374 g/mol. The van der Waals surface area contributed by atoms with Gasteiger partial charge in [-0.3, -0.25) is 19.7 Å². The molecular formula is C18H22N4O5. The largest absolute Gasteiger partial charge is 0.338 e. The second-order valence-corrected chi connectivity index (χ2v) is 6.59. The Morgan fingerprint density at radius 1 is 1.00 bits per heavy atom. The Balaban J connectivity index is 2.03. The van der Waals surface area contributed by atoms with Crippen LogP contribution in [0.1, 0.15) is 32.4 Å². The molecule has 1 aliphatic heterocycles. The lowest BCUT2D eigenvalue weighted by Gasteiger charge is -2.22. The standard InChI is InChI=1S/C18H22N4O5/c1-11(2)9-19-17(26)20-14(23)10-21-15(24)16(25)22(18(21)27)12(3)13-7-5-4-6-8-13/h4-8,11-12H,9-10H2,1-3H3,(H2,19,20,23,26). The highest BCUT2D eigenvalue weighted by Crippen LogP contribution is 2.25. The van der Waals surface area contributed by atoms with Crippen LogP contribution in [-0.2, 0) is 14.4 Å². The Bertz CT molecular complexity index is 762. The SMILES string of the molecule is CC(C)CNC(=O)NC(=O)CN1C(=O)C(=O)N(C(C)c2ccccc2)C1=O. The van der Waals surface area contributed by atoms with Crippen LogP contribution in [0.15, 0.2) is 30.3 Å². The summed E-state index contributed by atoms with van der Waals surface area (Å²) < 4.78 is 0. The van der Waals surface area contributed by atoms with E-state index in [1.165, 1.54) is 0 Å². The summed E-state index contributed by atoms with van der Waals surface area (Å²) in [5.74, 6) is -2.77. The predicted octanol–water partition coefficient (Wildman–Crippen LogP) is 1.02. The predicted molar refractivity (Wildman–Crippen MR) is 95.2 cm³/mol. The summed E-state index contributed by atoms with van der Waals surface area (Å²) in [6.45, 7) is 5.04. The molecule has 1 heterocycles. The van der Waals surface area contributed by atoms with Gasteiger partial charge in [-0.1, -0.05) is 44.2 Å². The lowest BCUT2D eigenvalue weighted by molar-refractivity contribution is -0.144. The van der Waals surface area contributed by atoms with Crippen LogP contribution in [0.25, 0.3) is 0 Å². The van der Waals surface area contributed by atoms with Crippen LogP contribution in [0, 0.1) is 5.92 Å². The van der Waals surface area contributed by atoms with Crippen LogP contribution in [0.2, 0.25) is 0 Å². The van der Waals surface area contributed by atoms with E-state index in [1.807, 2.05) is 19.2 Å². The molecule has 1 fully saturated rings. The third-order valence-electron chi connectivity index (χ3n) is 3.98. The number of rotatable bonds is 6. The maximum Gasteiger partial charge on any atom is 0.335 e. The molecule has 1 aromatic carbocycles. The fourth-order valence-electron chi connectivity index (χ4n) is 2.53. The summed E-state index contributed by atoms with van der Waals surface area (Å²) >= 11 is 0. The molecule has 1 atom stereocenters. The third kappa shape index (κ3) is 4.69. The van der Waals surface area contributed by atoms with Gasteiger partial charge in [0.25, 0.3) is 0 Å². The number of imide groups is 3. The minimum Gasteiger partial charge on any atom is -0.338 e. The molecule has 0 bridgehead atoms. The highest BCUT2D eigenvalue weighted by molar-refractivity contribution is 6.45. The fraction of sp³-hybridized carbons (Fsp3) is 0.389. The Morgan fingerprint density at radius 2 is 1.63 bits per heavy atom. The van der Waals surface area contributed by atoms with Crippen molar-refractivity contribution in [3.8, 4) is 0 Å². The lowest BCUT2D eigenvalue weighted by Crippen LogP contribution is -2.47. The number of nitrogens with zero attached hydrogens (tertiary/aromatic N) is 2. The second-order valence-electron chi connectivity index (χ2n) is 6.59. The molecule has 0 saturated carbocycles. The lowest BCUT2D eigenvalue weighted by atomic mass is 10.1. The van der Waals surface area contributed by atoms with Gasteiger partial charge >= 0.3 is 23.9 Å². The van der Waals surface area contributed by atoms with Crippen molar-refractivity contribution in [3.63, 3.8) is 0 Å². The summed E-state index contributed by atoms with van der Waals surface area (Å²) in [4.78, 5) is 61.8. The summed E-state index contributed by atoms with van der Waals surface area (Å²) in [7, 11) is 0. The smallest absolute Gasteiger partial charge is 0.335 e. The van der Waals surface area contributed by atoms with Gasteiger partial charge in [-0.15, -0.1) is 0 Å². The quantitative estimate of drug-likeness (QED) is 0.570. The van der Waals surface area contributed by atoms with Gasteiger partial charge in [0.1, 0.15) is 6.54 Å². The first-order valence-electron chi connectivity index (χ1n) is 8.54. The van der Waals surface area contributed by atoms with Crippen molar-refractivity contribution in [2.75, 3.05) is 13.1 Å². The minimum absolute atomic E-state index is 0.193. The number of carbonyl (C=O) groups is 5. The van der Waals surface area contributed by atoms with E-state index < -0.39 is 42.4 Å². The molecule has 1 saturated heterocycles. The van der Waals surface area contributed by atoms with Gasteiger partial charge in [0.15, 0.2) is 0 Å². The first-order valence-corrected chi connectivity index (χ1v) is 8.54. The van der Waals surface area contributed by atoms with Crippen molar-refractivity contribution >= 4 is 29.8 Å². The molecule has 144 valence electrons. The van der Waals surface area contributed by atoms with Crippen molar-refractivity contribution in [3.05, 3.63) is 35.9 Å². The number of benzene rings is 1. The number of amides is 7. The van der Waals surface area contributed by atoms with Gasteiger partial charge < -0.3 is 5.32 Å². The van der Waals surface area contributed by atoms with E-state index in [0.717, 1.165) is 4.90 Å². The van der Waals surface area contributed by atoms with E-state index in [4.69, 9.17) is 0 Å². The van der Waals surface area contributed by atoms with E-state index in [-0.39, 0.29) is 5.92 Å². The molecule has 27 heavy (non-hydrogen) atoms. The van der Waals surface area contributed by atoms with Gasteiger partial charge in [-0.05, 0) is 18.4 Å². The summed E-state index contributed by atoms with van der Waals surface area (Å²) in [6, 6.07) is 6.45. The van der Waals surface area contributed by atoms with E-state index in [2.05, 4.69) is 5.32 Å². The van der Waals surface area contributed by atoms with Crippen LogP contribution >= 0.6 is 0 Å². The zero-order valence-electron chi connectivity index (χ0n) is 15.4. The average Bonchev–Trinajstić information content (AvgIpc) is 2.83. The van der Waals surface area contributed by atoms with Gasteiger partial charge in [0.2, 0.25) is 5.91 Å². The number of carbonyl (C=O) groups excluding carboxylic acids is 5. The van der Waals surface area contributed by atoms with Crippen molar-refractivity contribution in [1.29, 1.82) is 0 Å². The topological polar surface area (TPSA) is 116 Å². The molecule has 0 radical (unpaired) electrons. The first kappa shape index (κ1) is 20.1. The van der Waals surface area contributed by atoms with E-state index in [0.29, 0.717) is 17.0 Å². The molecule has 2 N–H and O–H groups in total. The zero-order valence-corrected chi connectivity index (χ0v) is 15.4. The molecule has 0 aromatic heterocycles. The highest BCUT2D eigenvalue weighted by Gasteiger charge is 2.47. The zero-order chi connectivity index (χ0) is 20.1. The van der Waals surface area contributed by atoms with Crippen molar-refractivity contribution < 1.29 is 24.0 Å². The van der Waals surface area contributed by atoms with Crippen LogP contribution in [0.5, 0.6) is 0 Å². The molecule has 7 amide bonds. The Kier molecular flexibility index (Phi) is 6.27. The second kappa shape index (κ2) is 8.43. The molecule has 1 aliphatic rings. The molecule has 2 rings (SSSR count). The number of urea groups is 2. The van der Waals surface area contributed by atoms with Gasteiger partial charge in [0.05, 0.1) is 6.04 Å². The molecule has 1 aromatic rings. The van der Waals surface area contributed by atoms with Crippen LogP contribution in [0.4, 0.5) is 9.59 Å². The summed E-state index contributed by atoms with van der Waals surface area (Å²) in [6.07, 6.45) is 0. The van der Waals surface area contributed by atoms with Crippen molar-refractivity contribution in [2.24, 2.45) is 5.92 Å². The van der Waals surface area contributed by atoms with Crippen LogP contribution < -0.4 is 10.6 Å². The van der Waals surface area contributed by atoms with Gasteiger partial charge in [-0.2, -0.15) is 0 Å². The molecule has 9 nitrogen and oxygen atoms in total. The van der Waals surface area contributed by atoms with E-state index in [9.17, 15) is 24.0 Å². The maximum absolute atomic E-state index is 12.5. The van der Waals surface area contributed by atoms with Crippen molar-refractivity contribution in [2.45, 2.75) is 26.8 Å². The molecule has 1 unspecified atom stereocenters. The first-order chi connectivity index (χ1) is 12.7. The monoisotopic (exact) mass is 374 g/mol. The highest BCUT2D eigenvalue weighted by atomic mass is 16.2. The van der Waals surface area contributed by atoms with Crippen LogP contribution in [0.3, 0.4) is 0 Å². The molecule has 0 spiro atoms. The number of hydrogen-bond donors (Lipinski definition) is 2. The molecule has 9 heteroatoms. The minimum atomic E-state index is -1.10. The Hall–Kier alpha value is -3.23. The Morgan fingerprint density at radius 3 is 2.22 bits per heavy atom. The van der Waals surface area contributed by atoms with Crippen LogP contribution in [-0.4, -0.2) is 52.7 Å². The number of hydrogen-bond acceptors (Lipinski definition) is 5. The summed E-state index contributed by atoms with van der Waals surface area (Å²) in [5, 5.41) is 4.51. The molecular weight excluding hydrogens is 352 g/mol. The van der Waals surface area contributed by atoms with E-state index >= 15 is 0 Å². The number of nitrogens with one attached hydrogen (secondary N) is 2. The normalized spacial score (nSPS) is 15.3. The maximum atomic E-state index is 12.5. The van der Waals surface area contributed by atoms with E-state index in [1.54, 1.807) is 37.3 Å². The third-order valence-corrected chi connectivity index (χ3v) is 3.98. The fourth-order valence-corrected chi connectivity index (χ4v) is 2.53. The molecule has 0 aliphatic carbocycles. The van der Waals surface area contributed by atoms with Gasteiger partial charge in [0, 0.05) is 6.54 Å².